The summed E-state index contributed by atoms with van der Waals surface area (Å²) in [4.78, 5) is 32.8. The average Bonchev–Trinajstić information content (AvgIpc) is 2.61. The normalized spacial score (nSPS) is 9.75. The summed E-state index contributed by atoms with van der Waals surface area (Å²) in [6.07, 6.45) is 0. The van der Waals surface area contributed by atoms with Crippen molar-refractivity contribution in [3.05, 3.63) is 16.3 Å². The molecule has 0 spiro atoms. The van der Waals surface area contributed by atoms with E-state index in [1.165, 1.54) is 6.07 Å². The topological polar surface area (TPSA) is 109 Å². The van der Waals surface area contributed by atoms with Gasteiger partial charge in [0.25, 0.3) is 0 Å². The molecular formula is C8H8N2O4S2. The van der Waals surface area contributed by atoms with Crippen molar-refractivity contribution < 1.29 is 19.5 Å². The zero-order valence-corrected chi connectivity index (χ0v) is 9.56. The molecule has 0 aliphatic heterocycles. The number of nitrogens with two attached hydrogens (primary N) is 1. The zero-order chi connectivity index (χ0) is 12.1. The molecule has 6 nitrogen and oxygen atoms in total. The Morgan fingerprint density at radius 3 is 2.69 bits per heavy atom. The van der Waals surface area contributed by atoms with E-state index in [1.54, 1.807) is 5.38 Å². The summed E-state index contributed by atoms with van der Waals surface area (Å²) < 4.78 is 0. The molecule has 0 saturated carbocycles. The smallest absolute Gasteiger partial charge is 0.345 e. The molecule has 1 heterocycles. The predicted octanol–water partition coefficient (Wildman–Crippen LogP) is 0.733. The van der Waals surface area contributed by atoms with Crippen LogP contribution in [0.4, 0.5) is 4.79 Å². The Bertz CT molecular complexity index is 429. The van der Waals surface area contributed by atoms with Crippen molar-refractivity contribution in [2.24, 2.45) is 5.73 Å². The van der Waals surface area contributed by atoms with Gasteiger partial charge in [-0.2, -0.15) is 0 Å². The first kappa shape index (κ1) is 12.5. The Hall–Kier alpha value is -1.54. The van der Waals surface area contributed by atoms with Crippen LogP contribution in [0.2, 0.25) is 0 Å². The van der Waals surface area contributed by atoms with E-state index >= 15 is 0 Å². The van der Waals surface area contributed by atoms with E-state index in [9.17, 15) is 14.4 Å². The van der Waals surface area contributed by atoms with Crippen molar-refractivity contribution >= 4 is 41.0 Å². The van der Waals surface area contributed by atoms with Gasteiger partial charge < -0.3 is 10.8 Å². The lowest BCUT2D eigenvalue weighted by atomic mass is 10.5. The number of thiophene rings is 1. The van der Waals surface area contributed by atoms with Crippen LogP contribution in [0.15, 0.2) is 16.3 Å². The minimum Gasteiger partial charge on any atom is -0.477 e. The van der Waals surface area contributed by atoms with Crippen LogP contribution in [0.1, 0.15) is 9.67 Å². The number of primary amides is 1. The fraction of sp³-hybridized carbons (Fsp3) is 0.125. The van der Waals surface area contributed by atoms with E-state index in [2.05, 4.69) is 0 Å². The molecule has 4 N–H and O–H groups in total. The SMILES string of the molecule is NC(=O)NC(=O)CSc1csc(C(=O)O)c1. The number of carboxylic acid groups (broad SMARTS) is 1. The van der Waals surface area contributed by atoms with Gasteiger partial charge in [0.1, 0.15) is 4.88 Å². The highest BCUT2D eigenvalue weighted by atomic mass is 32.2. The summed E-state index contributed by atoms with van der Waals surface area (Å²) in [6, 6.07) is 0.567. The van der Waals surface area contributed by atoms with Gasteiger partial charge in [-0.05, 0) is 6.07 Å². The highest BCUT2D eigenvalue weighted by Gasteiger charge is 2.09. The number of carbonyl (C=O) groups excluding carboxylic acids is 2. The van der Waals surface area contributed by atoms with Gasteiger partial charge in [0.05, 0.1) is 5.75 Å². The van der Waals surface area contributed by atoms with Crippen molar-refractivity contribution in [3.63, 3.8) is 0 Å². The zero-order valence-electron chi connectivity index (χ0n) is 7.93. The number of hydrogen-bond acceptors (Lipinski definition) is 5. The Kier molecular flexibility index (Phi) is 4.32. The van der Waals surface area contributed by atoms with Gasteiger partial charge in [-0.15, -0.1) is 23.1 Å². The number of carboxylic acids is 1. The van der Waals surface area contributed by atoms with Crippen LogP contribution in [0.5, 0.6) is 0 Å². The standard InChI is InChI=1S/C8H8N2O4S2/c9-8(14)10-6(11)3-15-4-1-5(7(12)13)16-2-4/h1-2H,3H2,(H,12,13)(H3,9,10,11,14). The first-order valence-electron chi connectivity index (χ1n) is 4.03. The number of imide groups is 1. The van der Waals surface area contributed by atoms with Gasteiger partial charge in [-0.1, -0.05) is 0 Å². The van der Waals surface area contributed by atoms with E-state index in [-0.39, 0.29) is 10.6 Å². The molecule has 86 valence electrons. The molecule has 0 aliphatic rings. The lowest BCUT2D eigenvalue weighted by Gasteiger charge is -1.98. The molecular weight excluding hydrogens is 252 g/mol. The summed E-state index contributed by atoms with van der Waals surface area (Å²) in [7, 11) is 0. The van der Waals surface area contributed by atoms with E-state index in [1.807, 2.05) is 5.32 Å². The molecule has 0 aliphatic carbocycles. The van der Waals surface area contributed by atoms with Crippen LogP contribution >= 0.6 is 23.1 Å². The van der Waals surface area contributed by atoms with Gasteiger partial charge in [0, 0.05) is 10.3 Å². The minimum atomic E-state index is -1.00. The molecule has 1 aromatic heterocycles. The molecule has 1 aromatic rings. The van der Waals surface area contributed by atoms with Crippen molar-refractivity contribution in [2.75, 3.05) is 5.75 Å². The van der Waals surface area contributed by atoms with Crippen LogP contribution in [0, 0.1) is 0 Å². The summed E-state index contributed by atoms with van der Waals surface area (Å²) in [5, 5.41) is 12.2. The number of aromatic carboxylic acids is 1. The third-order valence-corrected chi connectivity index (χ3v) is 3.46. The molecule has 0 bridgehead atoms. The minimum absolute atomic E-state index is 0.0126. The predicted molar refractivity (Wildman–Crippen MR) is 59.7 cm³/mol. The van der Waals surface area contributed by atoms with Crippen LogP contribution < -0.4 is 11.1 Å². The Morgan fingerprint density at radius 1 is 1.50 bits per heavy atom. The molecule has 0 aromatic carbocycles. The second kappa shape index (κ2) is 5.52. The van der Waals surface area contributed by atoms with Gasteiger partial charge in [-0.25, -0.2) is 9.59 Å². The quantitative estimate of drug-likeness (QED) is 0.691. The van der Waals surface area contributed by atoms with Crippen molar-refractivity contribution in [1.82, 2.24) is 5.32 Å². The molecule has 0 atom stereocenters. The molecule has 16 heavy (non-hydrogen) atoms. The maximum absolute atomic E-state index is 11.0. The number of thioether (sulfide) groups is 1. The molecule has 0 saturated heterocycles. The molecule has 0 radical (unpaired) electrons. The van der Waals surface area contributed by atoms with Crippen LogP contribution in [-0.4, -0.2) is 28.8 Å². The number of carbonyl (C=O) groups is 3. The lowest BCUT2D eigenvalue weighted by Crippen LogP contribution is -2.36. The monoisotopic (exact) mass is 260 g/mol. The number of hydrogen-bond donors (Lipinski definition) is 3. The number of rotatable bonds is 4. The van der Waals surface area contributed by atoms with E-state index in [0.29, 0.717) is 4.90 Å². The Balaban J connectivity index is 2.45. The van der Waals surface area contributed by atoms with E-state index in [4.69, 9.17) is 10.8 Å². The molecule has 0 fully saturated rings. The van der Waals surface area contributed by atoms with Crippen molar-refractivity contribution in [2.45, 2.75) is 4.90 Å². The third-order valence-electron chi connectivity index (χ3n) is 1.42. The maximum atomic E-state index is 11.0. The molecule has 3 amide bonds. The van der Waals surface area contributed by atoms with Gasteiger partial charge in [0.2, 0.25) is 5.91 Å². The summed E-state index contributed by atoms with van der Waals surface area (Å²) in [6.45, 7) is 0. The molecule has 1 rings (SSSR count). The average molecular weight is 260 g/mol. The van der Waals surface area contributed by atoms with Gasteiger partial charge >= 0.3 is 12.0 Å². The highest BCUT2D eigenvalue weighted by molar-refractivity contribution is 8.00. The second-order valence-electron chi connectivity index (χ2n) is 2.65. The first-order chi connectivity index (χ1) is 7.49. The van der Waals surface area contributed by atoms with Gasteiger partial charge in [0.15, 0.2) is 0 Å². The largest absolute Gasteiger partial charge is 0.477 e. The van der Waals surface area contributed by atoms with E-state index in [0.717, 1.165) is 23.1 Å². The van der Waals surface area contributed by atoms with Crippen molar-refractivity contribution in [3.8, 4) is 0 Å². The van der Waals surface area contributed by atoms with Gasteiger partial charge in [-0.3, -0.25) is 10.1 Å². The molecule has 8 heteroatoms. The fourth-order valence-corrected chi connectivity index (χ4v) is 2.50. The Morgan fingerprint density at radius 2 is 2.19 bits per heavy atom. The second-order valence-corrected chi connectivity index (χ2v) is 4.61. The Labute approximate surface area is 98.8 Å². The van der Waals surface area contributed by atoms with Crippen LogP contribution in [0.3, 0.4) is 0 Å². The van der Waals surface area contributed by atoms with E-state index < -0.39 is 17.9 Å². The van der Waals surface area contributed by atoms with Crippen LogP contribution in [0.25, 0.3) is 0 Å². The van der Waals surface area contributed by atoms with Crippen LogP contribution in [-0.2, 0) is 4.79 Å². The third kappa shape index (κ3) is 3.91. The molecule has 0 unspecified atom stereocenters. The number of amides is 3. The number of urea groups is 1. The first-order valence-corrected chi connectivity index (χ1v) is 5.89. The van der Waals surface area contributed by atoms with Crippen molar-refractivity contribution in [1.29, 1.82) is 0 Å². The summed E-state index contributed by atoms with van der Waals surface area (Å²) >= 11 is 2.22. The lowest BCUT2D eigenvalue weighted by molar-refractivity contribution is -0.117. The summed E-state index contributed by atoms with van der Waals surface area (Å²) in [5.74, 6) is -1.50. The fourth-order valence-electron chi connectivity index (χ4n) is 0.829. The maximum Gasteiger partial charge on any atom is 0.345 e. The highest BCUT2D eigenvalue weighted by Crippen LogP contribution is 2.24. The number of nitrogens with one attached hydrogen (secondary N) is 1. The summed E-state index contributed by atoms with van der Waals surface area (Å²) in [5.41, 5.74) is 4.75.